The van der Waals surface area contributed by atoms with Crippen LogP contribution in [0.15, 0.2) is 4.47 Å². The number of nitrogens with zero attached hydrogens (tertiary/aromatic N) is 2. The van der Waals surface area contributed by atoms with Gasteiger partial charge in [0.25, 0.3) is 0 Å². The van der Waals surface area contributed by atoms with E-state index in [0.29, 0.717) is 5.69 Å². The van der Waals surface area contributed by atoms with Gasteiger partial charge < -0.3 is 4.90 Å². The van der Waals surface area contributed by atoms with Crippen LogP contribution in [-0.4, -0.2) is 35.2 Å². The molecule has 0 amide bonds. The molecule has 1 N–H and O–H groups in total. The molecule has 17 heavy (non-hydrogen) atoms. The van der Waals surface area contributed by atoms with Crippen LogP contribution in [0, 0.1) is 0 Å². The number of hydrogen-bond donors (Lipinski definition) is 1. The van der Waals surface area contributed by atoms with Gasteiger partial charge in [0.15, 0.2) is 5.69 Å². The van der Waals surface area contributed by atoms with Crippen LogP contribution in [0.3, 0.4) is 0 Å². The smallest absolute Gasteiger partial charge is 0.306 e. The fourth-order valence-corrected chi connectivity index (χ4v) is 2.82. The fourth-order valence-electron chi connectivity index (χ4n) is 2.10. The molecule has 0 saturated carbocycles. The molecule has 1 saturated heterocycles. The number of likely N-dealkylation sites (tertiary alicyclic amines) is 1. The van der Waals surface area contributed by atoms with Crippen molar-refractivity contribution in [2.75, 3.05) is 20.1 Å². The minimum Gasteiger partial charge on any atom is -0.306 e. The Balaban J connectivity index is 2.20. The molecule has 1 aromatic rings. The van der Waals surface area contributed by atoms with Crippen LogP contribution in [0.4, 0.5) is 13.2 Å². The Kier molecular flexibility index (Phi) is 3.49. The van der Waals surface area contributed by atoms with E-state index >= 15 is 0 Å². The second kappa shape index (κ2) is 4.61. The van der Waals surface area contributed by atoms with Gasteiger partial charge in [0.05, 0.1) is 10.2 Å². The van der Waals surface area contributed by atoms with Crippen molar-refractivity contribution in [3.05, 3.63) is 15.9 Å². The molecule has 0 aliphatic carbocycles. The Labute approximate surface area is 106 Å². The lowest BCUT2D eigenvalue weighted by Crippen LogP contribution is -2.29. The minimum absolute atomic E-state index is 0.0690. The van der Waals surface area contributed by atoms with E-state index < -0.39 is 11.9 Å². The lowest BCUT2D eigenvalue weighted by atomic mass is 9.94. The van der Waals surface area contributed by atoms with Gasteiger partial charge in [0, 0.05) is 5.92 Å². The summed E-state index contributed by atoms with van der Waals surface area (Å²) >= 11 is 3.01. The normalized spacial score (nSPS) is 19.8. The van der Waals surface area contributed by atoms with E-state index in [9.17, 15) is 13.2 Å². The summed E-state index contributed by atoms with van der Waals surface area (Å²) in [4.78, 5) is 2.17. The summed E-state index contributed by atoms with van der Waals surface area (Å²) in [5.41, 5.74) is -0.281. The average molecular weight is 312 g/mol. The molecule has 1 fully saturated rings. The Bertz CT molecular complexity index is 394. The van der Waals surface area contributed by atoms with E-state index in [1.165, 1.54) is 0 Å². The van der Waals surface area contributed by atoms with E-state index in [4.69, 9.17) is 0 Å². The van der Waals surface area contributed by atoms with Crippen LogP contribution in [0.25, 0.3) is 0 Å². The zero-order valence-electron chi connectivity index (χ0n) is 9.31. The molecule has 96 valence electrons. The van der Waals surface area contributed by atoms with Crippen LogP contribution < -0.4 is 0 Å². The van der Waals surface area contributed by atoms with Crippen LogP contribution >= 0.6 is 15.9 Å². The molecule has 7 heteroatoms. The summed E-state index contributed by atoms with van der Waals surface area (Å²) in [6, 6.07) is 0. The summed E-state index contributed by atoms with van der Waals surface area (Å²) in [7, 11) is 2.01. The van der Waals surface area contributed by atoms with E-state index in [1.54, 1.807) is 0 Å². The summed E-state index contributed by atoms with van der Waals surface area (Å²) in [5.74, 6) is 0.129. The number of alkyl halides is 3. The summed E-state index contributed by atoms with van der Waals surface area (Å²) < 4.78 is 37.8. The van der Waals surface area contributed by atoms with Crippen LogP contribution in [-0.2, 0) is 6.18 Å². The largest absolute Gasteiger partial charge is 0.436 e. The number of H-pyrrole nitrogens is 1. The van der Waals surface area contributed by atoms with Crippen molar-refractivity contribution in [3.8, 4) is 0 Å². The molecule has 1 aliphatic rings. The minimum atomic E-state index is -4.40. The predicted octanol–water partition coefficient (Wildman–Crippen LogP) is 3.00. The van der Waals surface area contributed by atoms with Gasteiger partial charge in [0.2, 0.25) is 0 Å². The zero-order valence-corrected chi connectivity index (χ0v) is 10.9. The van der Waals surface area contributed by atoms with Crippen molar-refractivity contribution < 1.29 is 13.2 Å². The van der Waals surface area contributed by atoms with Gasteiger partial charge in [-0.25, -0.2) is 0 Å². The molecule has 1 aromatic heterocycles. The number of halogens is 4. The third kappa shape index (κ3) is 2.65. The van der Waals surface area contributed by atoms with E-state index in [1.807, 2.05) is 7.05 Å². The number of nitrogens with one attached hydrogen (secondary N) is 1. The van der Waals surface area contributed by atoms with Crippen LogP contribution in [0.5, 0.6) is 0 Å². The van der Waals surface area contributed by atoms with Crippen molar-refractivity contribution in [1.29, 1.82) is 0 Å². The first-order valence-corrected chi connectivity index (χ1v) is 6.18. The monoisotopic (exact) mass is 311 g/mol. The van der Waals surface area contributed by atoms with Gasteiger partial charge in [-0.15, -0.1) is 0 Å². The lowest BCUT2D eigenvalue weighted by Gasteiger charge is -2.28. The first-order chi connectivity index (χ1) is 7.89. The Hall–Kier alpha value is -0.560. The molecule has 0 atom stereocenters. The molecule has 1 aliphatic heterocycles. The molecule has 0 radical (unpaired) electrons. The van der Waals surface area contributed by atoms with Gasteiger partial charge in [-0.1, -0.05) is 0 Å². The highest BCUT2D eigenvalue weighted by Gasteiger charge is 2.38. The van der Waals surface area contributed by atoms with E-state index in [0.717, 1.165) is 25.9 Å². The average Bonchev–Trinajstić information content (AvgIpc) is 2.61. The second-order valence-electron chi connectivity index (χ2n) is 4.38. The van der Waals surface area contributed by atoms with E-state index in [-0.39, 0.29) is 10.4 Å². The standard InChI is InChI=1S/C10H13BrF3N3/c1-17-4-2-6(3-5-17)8-7(11)9(16-15-8)10(12,13)14/h6H,2-5H2,1H3,(H,15,16). The third-order valence-corrected chi connectivity index (χ3v) is 3.93. The molecule has 0 aromatic carbocycles. The number of aromatic nitrogens is 2. The van der Waals surface area contributed by atoms with Crippen molar-refractivity contribution in [2.45, 2.75) is 24.9 Å². The second-order valence-corrected chi connectivity index (χ2v) is 5.17. The first kappa shape index (κ1) is 12.9. The van der Waals surface area contributed by atoms with E-state index in [2.05, 4.69) is 31.0 Å². The van der Waals surface area contributed by atoms with Crippen molar-refractivity contribution >= 4 is 15.9 Å². The fraction of sp³-hybridized carbons (Fsp3) is 0.700. The molecule has 0 bridgehead atoms. The number of hydrogen-bond acceptors (Lipinski definition) is 2. The Morgan fingerprint density at radius 2 is 1.94 bits per heavy atom. The zero-order chi connectivity index (χ0) is 12.6. The van der Waals surface area contributed by atoms with Crippen molar-refractivity contribution in [1.82, 2.24) is 15.1 Å². The number of piperidine rings is 1. The molecule has 2 rings (SSSR count). The van der Waals surface area contributed by atoms with Crippen LogP contribution in [0.2, 0.25) is 0 Å². The maximum Gasteiger partial charge on any atom is 0.436 e. The molecule has 3 nitrogen and oxygen atoms in total. The number of aromatic amines is 1. The Morgan fingerprint density at radius 1 is 1.35 bits per heavy atom. The molecule has 2 heterocycles. The highest BCUT2D eigenvalue weighted by Crippen LogP contribution is 2.39. The molecular weight excluding hydrogens is 299 g/mol. The SMILES string of the molecule is CN1CCC(c2[nH]nc(C(F)(F)F)c2Br)CC1. The van der Waals surface area contributed by atoms with Gasteiger partial charge in [0.1, 0.15) is 0 Å². The van der Waals surface area contributed by atoms with Crippen molar-refractivity contribution in [3.63, 3.8) is 0 Å². The van der Waals surface area contributed by atoms with Gasteiger partial charge >= 0.3 is 6.18 Å². The quantitative estimate of drug-likeness (QED) is 0.864. The molecular formula is C10H13BrF3N3. The van der Waals surface area contributed by atoms with Crippen molar-refractivity contribution in [2.24, 2.45) is 0 Å². The summed E-state index contributed by atoms with van der Waals surface area (Å²) in [5, 5.41) is 5.90. The Morgan fingerprint density at radius 3 is 2.41 bits per heavy atom. The van der Waals surface area contributed by atoms with Gasteiger partial charge in [-0.05, 0) is 48.9 Å². The first-order valence-electron chi connectivity index (χ1n) is 5.39. The van der Waals surface area contributed by atoms with Gasteiger partial charge in [-0.3, -0.25) is 5.10 Å². The third-order valence-electron chi connectivity index (χ3n) is 3.13. The molecule has 0 unspecified atom stereocenters. The molecule has 0 spiro atoms. The van der Waals surface area contributed by atoms with Gasteiger partial charge in [-0.2, -0.15) is 18.3 Å². The highest BCUT2D eigenvalue weighted by molar-refractivity contribution is 9.10. The maximum atomic E-state index is 12.6. The summed E-state index contributed by atoms with van der Waals surface area (Å²) in [6.45, 7) is 1.80. The topological polar surface area (TPSA) is 31.9 Å². The maximum absolute atomic E-state index is 12.6. The number of rotatable bonds is 1. The van der Waals surface area contributed by atoms with Crippen LogP contribution in [0.1, 0.15) is 30.1 Å². The predicted molar refractivity (Wildman–Crippen MR) is 60.8 cm³/mol. The lowest BCUT2D eigenvalue weighted by molar-refractivity contribution is -0.141. The highest BCUT2D eigenvalue weighted by atomic mass is 79.9. The summed E-state index contributed by atoms with van der Waals surface area (Å²) in [6.07, 6.45) is -2.69.